The Hall–Kier alpha value is -2.08. The topological polar surface area (TPSA) is 79.9 Å². The molecule has 6 nitrogen and oxygen atoms in total. The molecule has 2 rings (SSSR count). The largest absolute Gasteiger partial charge is 0.378 e. The summed E-state index contributed by atoms with van der Waals surface area (Å²) in [4.78, 5) is 17.7. The van der Waals surface area contributed by atoms with Gasteiger partial charge in [-0.2, -0.15) is 0 Å². The third-order valence-corrected chi connectivity index (χ3v) is 3.04. The molecule has 3 N–H and O–H groups in total. The molecule has 1 heterocycles. The van der Waals surface area contributed by atoms with E-state index < -0.39 is 0 Å². The Labute approximate surface area is 118 Å². The SMILES string of the molecule is Cc1cccc(NC(N)=NCC(=O)N2CCOCC2)c1. The van der Waals surface area contributed by atoms with Gasteiger partial charge in [0.1, 0.15) is 6.54 Å². The molecule has 0 bridgehead atoms. The van der Waals surface area contributed by atoms with E-state index in [4.69, 9.17) is 10.5 Å². The highest BCUT2D eigenvalue weighted by Gasteiger charge is 2.15. The Morgan fingerprint density at radius 3 is 2.90 bits per heavy atom. The monoisotopic (exact) mass is 276 g/mol. The summed E-state index contributed by atoms with van der Waals surface area (Å²) >= 11 is 0. The average molecular weight is 276 g/mol. The van der Waals surface area contributed by atoms with Crippen molar-refractivity contribution in [2.24, 2.45) is 10.7 Å². The van der Waals surface area contributed by atoms with Gasteiger partial charge in [-0.3, -0.25) is 4.79 Å². The maximum Gasteiger partial charge on any atom is 0.244 e. The van der Waals surface area contributed by atoms with Crippen molar-refractivity contribution in [2.75, 3.05) is 38.2 Å². The van der Waals surface area contributed by atoms with E-state index in [0.29, 0.717) is 26.3 Å². The van der Waals surface area contributed by atoms with Gasteiger partial charge in [-0.15, -0.1) is 0 Å². The number of morpholine rings is 1. The maximum absolute atomic E-state index is 11.9. The molecule has 1 fully saturated rings. The van der Waals surface area contributed by atoms with Crippen molar-refractivity contribution < 1.29 is 9.53 Å². The number of rotatable bonds is 3. The summed E-state index contributed by atoms with van der Waals surface area (Å²) in [5.74, 6) is 0.222. The molecule has 1 aliphatic heterocycles. The smallest absolute Gasteiger partial charge is 0.244 e. The quantitative estimate of drug-likeness (QED) is 0.625. The molecule has 20 heavy (non-hydrogen) atoms. The lowest BCUT2D eigenvalue weighted by Crippen LogP contribution is -2.42. The highest BCUT2D eigenvalue weighted by atomic mass is 16.5. The number of anilines is 1. The Bertz CT molecular complexity index is 496. The van der Waals surface area contributed by atoms with Crippen LogP contribution >= 0.6 is 0 Å². The number of nitrogens with zero attached hydrogens (tertiary/aromatic N) is 2. The van der Waals surface area contributed by atoms with Crippen molar-refractivity contribution in [3.05, 3.63) is 29.8 Å². The van der Waals surface area contributed by atoms with E-state index in [1.165, 1.54) is 0 Å². The third kappa shape index (κ3) is 4.24. The lowest BCUT2D eigenvalue weighted by atomic mass is 10.2. The summed E-state index contributed by atoms with van der Waals surface area (Å²) in [5.41, 5.74) is 7.77. The normalized spacial score (nSPS) is 16.1. The fourth-order valence-electron chi connectivity index (χ4n) is 1.98. The summed E-state index contributed by atoms with van der Waals surface area (Å²) in [6.07, 6.45) is 0. The number of amides is 1. The molecular weight excluding hydrogens is 256 g/mol. The molecular formula is C14H20N4O2. The lowest BCUT2D eigenvalue weighted by Gasteiger charge is -2.26. The number of aliphatic imine (C=N–C) groups is 1. The number of nitrogens with one attached hydrogen (secondary N) is 1. The molecule has 0 aliphatic carbocycles. The highest BCUT2D eigenvalue weighted by molar-refractivity contribution is 5.93. The molecule has 1 aromatic rings. The van der Waals surface area contributed by atoms with Crippen molar-refractivity contribution in [3.8, 4) is 0 Å². The van der Waals surface area contributed by atoms with Gasteiger partial charge in [-0.05, 0) is 24.6 Å². The van der Waals surface area contributed by atoms with Crippen LogP contribution in [0.2, 0.25) is 0 Å². The Morgan fingerprint density at radius 1 is 1.45 bits per heavy atom. The summed E-state index contributed by atoms with van der Waals surface area (Å²) in [6.45, 7) is 4.49. The van der Waals surface area contributed by atoms with Gasteiger partial charge in [-0.25, -0.2) is 4.99 Å². The number of carbonyl (C=O) groups is 1. The summed E-state index contributed by atoms with van der Waals surface area (Å²) in [5, 5.41) is 2.97. The van der Waals surface area contributed by atoms with Crippen LogP contribution in [0.15, 0.2) is 29.3 Å². The van der Waals surface area contributed by atoms with Gasteiger partial charge in [0.2, 0.25) is 5.91 Å². The molecule has 1 saturated heterocycles. The second-order valence-corrected chi connectivity index (χ2v) is 4.69. The number of nitrogens with two attached hydrogens (primary N) is 1. The molecule has 0 saturated carbocycles. The van der Waals surface area contributed by atoms with Crippen LogP contribution < -0.4 is 11.1 Å². The van der Waals surface area contributed by atoms with Crippen LogP contribution in [0.4, 0.5) is 5.69 Å². The number of carbonyl (C=O) groups excluding carboxylic acids is 1. The third-order valence-electron chi connectivity index (χ3n) is 3.04. The second-order valence-electron chi connectivity index (χ2n) is 4.69. The summed E-state index contributed by atoms with van der Waals surface area (Å²) in [7, 11) is 0. The Balaban J connectivity index is 1.85. The van der Waals surface area contributed by atoms with E-state index in [1.54, 1.807) is 4.90 Å². The van der Waals surface area contributed by atoms with E-state index in [-0.39, 0.29) is 18.4 Å². The molecule has 0 spiro atoms. The van der Waals surface area contributed by atoms with Gasteiger partial charge in [0.25, 0.3) is 0 Å². The molecule has 1 aliphatic rings. The van der Waals surface area contributed by atoms with Crippen LogP contribution in [-0.2, 0) is 9.53 Å². The standard InChI is InChI=1S/C14H20N4O2/c1-11-3-2-4-12(9-11)17-14(15)16-10-13(19)18-5-7-20-8-6-18/h2-4,9H,5-8,10H2,1H3,(H3,15,16,17). The first kappa shape index (κ1) is 14.3. The van der Waals surface area contributed by atoms with Crippen LogP contribution in [0.5, 0.6) is 0 Å². The van der Waals surface area contributed by atoms with Crippen molar-refractivity contribution in [1.82, 2.24) is 4.90 Å². The molecule has 108 valence electrons. The van der Waals surface area contributed by atoms with E-state index in [1.807, 2.05) is 31.2 Å². The summed E-state index contributed by atoms with van der Waals surface area (Å²) in [6, 6.07) is 7.80. The van der Waals surface area contributed by atoms with Gasteiger partial charge in [-0.1, -0.05) is 12.1 Å². The van der Waals surface area contributed by atoms with Crippen LogP contribution in [0.1, 0.15) is 5.56 Å². The zero-order valence-corrected chi connectivity index (χ0v) is 11.6. The molecule has 0 unspecified atom stereocenters. The number of aryl methyl sites for hydroxylation is 1. The van der Waals surface area contributed by atoms with Gasteiger partial charge in [0.15, 0.2) is 5.96 Å². The predicted molar refractivity (Wildman–Crippen MR) is 78.7 cm³/mol. The number of guanidine groups is 1. The number of benzene rings is 1. The zero-order chi connectivity index (χ0) is 14.4. The van der Waals surface area contributed by atoms with Gasteiger partial charge in [0, 0.05) is 18.8 Å². The Morgan fingerprint density at radius 2 is 2.20 bits per heavy atom. The molecule has 0 radical (unpaired) electrons. The summed E-state index contributed by atoms with van der Waals surface area (Å²) < 4.78 is 5.20. The number of hydrogen-bond donors (Lipinski definition) is 2. The van der Waals surface area contributed by atoms with Gasteiger partial charge >= 0.3 is 0 Å². The zero-order valence-electron chi connectivity index (χ0n) is 11.6. The lowest BCUT2D eigenvalue weighted by molar-refractivity contribution is -0.133. The average Bonchev–Trinajstić information content (AvgIpc) is 2.46. The van der Waals surface area contributed by atoms with Crippen molar-refractivity contribution in [1.29, 1.82) is 0 Å². The van der Waals surface area contributed by atoms with Gasteiger partial charge in [0.05, 0.1) is 13.2 Å². The van der Waals surface area contributed by atoms with E-state index in [9.17, 15) is 4.79 Å². The number of ether oxygens (including phenoxy) is 1. The van der Waals surface area contributed by atoms with Crippen molar-refractivity contribution in [2.45, 2.75) is 6.92 Å². The van der Waals surface area contributed by atoms with Crippen LogP contribution in [-0.4, -0.2) is 49.6 Å². The fraction of sp³-hybridized carbons (Fsp3) is 0.429. The molecule has 1 amide bonds. The van der Waals surface area contributed by atoms with Crippen molar-refractivity contribution >= 4 is 17.6 Å². The van der Waals surface area contributed by atoms with Crippen molar-refractivity contribution in [3.63, 3.8) is 0 Å². The molecule has 1 aromatic carbocycles. The van der Waals surface area contributed by atoms with E-state index in [0.717, 1.165) is 11.3 Å². The molecule has 0 atom stereocenters. The molecule has 6 heteroatoms. The van der Waals surface area contributed by atoms with Crippen LogP contribution in [0, 0.1) is 6.92 Å². The minimum Gasteiger partial charge on any atom is -0.378 e. The minimum atomic E-state index is -0.0257. The Kier molecular flexibility index (Phi) is 4.95. The second kappa shape index (κ2) is 6.91. The maximum atomic E-state index is 11.9. The highest BCUT2D eigenvalue weighted by Crippen LogP contribution is 2.08. The van der Waals surface area contributed by atoms with Crippen LogP contribution in [0.3, 0.4) is 0 Å². The first-order chi connectivity index (χ1) is 9.65. The first-order valence-corrected chi connectivity index (χ1v) is 6.64. The fourth-order valence-corrected chi connectivity index (χ4v) is 1.98. The minimum absolute atomic E-state index is 0.0257. The number of hydrogen-bond acceptors (Lipinski definition) is 3. The first-order valence-electron chi connectivity index (χ1n) is 6.64. The van der Waals surface area contributed by atoms with Crippen LogP contribution in [0.25, 0.3) is 0 Å². The van der Waals surface area contributed by atoms with E-state index >= 15 is 0 Å². The predicted octanol–water partition coefficient (Wildman–Crippen LogP) is 0.580. The van der Waals surface area contributed by atoms with Gasteiger partial charge < -0.3 is 20.7 Å². The molecule has 0 aromatic heterocycles. The van der Waals surface area contributed by atoms with E-state index in [2.05, 4.69) is 10.3 Å².